The Morgan fingerprint density at radius 1 is 1.25 bits per heavy atom. The molecule has 0 amide bonds. The van der Waals surface area contributed by atoms with Crippen molar-refractivity contribution in [3.63, 3.8) is 0 Å². The summed E-state index contributed by atoms with van der Waals surface area (Å²) in [5.74, 6) is 1.58. The summed E-state index contributed by atoms with van der Waals surface area (Å²) in [4.78, 5) is 3.97. The van der Waals surface area contributed by atoms with E-state index in [1.807, 2.05) is 12.1 Å². The first kappa shape index (κ1) is 9.39. The third kappa shape index (κ3) is 1.78. The van der Waals surface area contributed by atoms with E-state index in [2.05, 4.69) is 26.6 Å². The molecule has 2 aromatic rings. The smallest absolute Gasteiger partial charge is 0.152 e. The summed E-state index contributed by atoms with van der Waals surface area (Å²) < 4.78 is 0. The SMILES string of the molecule is c1cc(Nc2cc(C3CCC3)[nH]n2)ccn1. The Hall–Kier alpha value is -1.84. The Bertz CT molecular complexity index is 459. The fraction of sp³-hybridized carbons (Fsp3) is 0.333. The summed E-state index contributed by atoms with van der Waals surface area (Å²) in [5, 5.41) is 10.6. The number of hydrogen-bond donors (Lipinski definition) is 2. The van der Waals surface area contributed by atoms with Crippen molar-refractivity contribution in [2.24, 2.45) is 0 Å². The summed E-state index contributed by atoms with van der Waals surface area (Å²) in [6.45, 7) is 0. The zero-order valence-corrected chi connectivity index (χ0v) is 8.98. The first-order valence-electron chi connectivity index (χ1n) is 5.64. The van der Waals surface area contributed by atoms with E-state index in [4.69, 9.17) is 0 Å². The second-order valence-electron chi connectivity index (χ2n) is 4.20. The summed E-state index contributed by atoms with van der Waals surface area (Å²) in [6, 6.07) is 5.96. The molecular weight excluding hydrogens is 200 g/mol. The van der Waals surface area contributed by atoms with Gasteiger partial charge in [0.05, 0.1) is 0 Å². The van der Waals surface area contributed by atoms with E-state index in [1.54, 1.807) is 12.4 Å². The third-order valence-corrected chi connectivity index (χ3v) is 3.10. The van der Waals surface area contributed by atoms with Crippen LogP contribution in [-0.4, -0.2) is 15.2 Å². The molecule has 1 aliphatic carbocycles. The van der Waals surface area contributed by atoms with Gasteiger partial charge in [-0.2, -0.15) is 5.10 Å². The number of pyridine rings is 1. The molecule has 1 saturated carbocycles. The molecule has 0 atom stereocenters. The molecule has 0 unspecified atom stereocenters. The average molecular weight is 214 g/mol. The van der Waals surface area contributed by atoms with Crippen LogP contribution in [0.3, 0.4) is 0 Å². The monoisotopic (exact) mass is 214 g/mol. The minimum absolute atomic E-state index is 0.695. The fourth-order valence-electron chi connectivity index (χ4n) is 1.91. The Labute approximate surface area is 94.1 Å². The maximum atomic E-state index is 4.26. The van der Waals surface area contributed by atoms with Gasteiger partial charge < -0.3 is 5.32 Å². The molecule has 2 aromatic heterocycles. The van der Waals surface area contributed by atoms with E-state index in [1.165, 1.54) is 25.0 Å². The highest BCUT2D eigenvalue weighted by molar-refractivity contribution is 5.55. The van der Waals surface area contributed by atoms with Crippen LogP contribution in [0.1, 0.15) is 30.9 Å². The molecule has 16 heavy (non-hydrogen) atoms. The number of hydrogen-bond acceptors (Lipinski definition) is 3. The lowest BCUT2D eigenvalue weighted by Gasteiger charge is -2.23. The molecule has 0 radical (unpaired) electrons. The van der Waals surface area contributed by atoms with E-state index in [0.29, 0.717) is 5.92 Å². The highest BCUT2D eigenvalue weighted by atomic mass is 15.2. The molecule has 0 spiro atoms. The zero-order chi connectivity index (χ0) is 10.8. The normalized spacial score (nSPS) is 15.8. The maximum absolute atomic E-state index is 4.26. The van der Waals surface area contributed by atoms with Crippen molar-refractivity contribution < 1.29 is 0 Å². The lowest BCUT2D eigenvalue weighted by atomic mass is 9.83. The van der Waals surface area contributed by atoms with Crippen molar-refractivity contribution in [1.29, 1.82) is 0 Å². The molecule has 2 heterocycles. The standard InChI is InChI=1S/C12H14N4/c1-2-9(3-1)11-8-12(16-15-11)14-10-4-6-13-7-5-10/h4-9H,1-3H2,(H2,13,14,15,16). The summed E-state index contributed by atoms with van der Waals surface area (Å²) in [7, 11) is 0. The molecule has 3 rings (SSSR count). The van der Waals surface area contributed by atoms with Crippen LogP contribution < -0.4 is 5.32 Å². The van der Waals surface area contributed by atoms with Crippen LogP contribution in [0.5, 0.6) is 0 Å². The van der Waals surface area contributed by atoms with Crippen LogP contribution >= 0.6 is 0 Å². The van der Waals surface area contributed by atoms with Crippen LogP contribution in [0.4, 0.5) is 11.5 Å². The van der Waals surface area contributed by atoms with Gasteiger partial charge in [-0.1, -0.05) is 6.42 Å². The minimum Gasteiger partial charge on any atom is -0.339 e. The topological polar surface area (TPSA) is 53.6 Å². The second kappa shape index (κ2) is 3.96. The molecule has 0 bridgehead atoms. The van der Waals surface area contributed by atoms with Gasteiger partial charge in [0.1, 0.15) is 0 Å². The summed E-state index contributed by atoms with van der Waals surface area (Å²) in [6.07, 6.45) is 7.45. The number of H-pyrrole nitrogens is 1. The second-order valence-corrected chi connectivity index (χ2v) is 4.20. The minimum atomic E-state index is 0.695. The van der Waals surface area contributed by atoms with Crippen molar-refractivity contribution in [3.8, 4) is 0 Å². The molecule has 4 heteroatoms. The molecule has 4 nitrogen and oxygen atoms in total. The van der Waals surface area contributed by atoms with Gasteiger partial charge in [0.2, 0.25) is 0 Å². The first-order chi connectivity index (χ1) is 7.92. The van der Waals surface area contributed by atoms with Gasteiger partial charge in [-0.15, -0.1) is 0 Å². The van der Waals surface area contributed by atoms with Gasteiger partial charge in [0.25, 0.3) is 0 Å². The van der Waals surface area contributed by atoms with Gasteiger partial charge >= 0.3 is 0 Å². The molecule has 82 valence electrons. The van der Waals surface area contributed by atoms with E-state index >= 15 is 0 Å². The summed E-state index contributed by atoms with van der Waals surface area (Å²) in [5.41, 5.74) is 2.27. The van der Waals surface area contributed by atoms with Crippen molar-refractivity contribution in [2.75, 3.05) is 5.32 Å². The van der Waals surface area contributed by atoms with E-state index in [0.717, 1.165) is 11.5 Å². The van der Waals surface area contributed by atoms with E-state index < -0.39 is 0 Å². The zero-order valence-electron chi connectivity index (χ0n) is 8.98. The number of aromatic amines is 1. The van der Waals surface area contributed by atoms with Crippen LogP contribution in [0.2, 0.25) is 0 Å². The predicted molar refractivity (Wildman–Crippen MR) is 62.7 cm³/mol. The molecule has 1 aliphatic rings. The Morgan fingerprint density at radius 2 is 2.06 bits per heavy atom. The number of anilines is 2. The summed E-state index contributed by atoms with van der Waals surface area (Å²) >= 11 is 0. The van der Waals surface area contributed by atoms with E-state index in [9.17, 15) is 0 Å². The van der Waals surface area contributed by atoms with Crippen molar-refractivity contribution >= 4 is 11.5 Å². The molecule has 0 saturated heterocycles. The number of nitrogens with zero attached hydrogens (tertiary/aromatic N) is 2. The molecule has 1 fully saturated rings. The quantitative estimate of drug-likeness (QED) is 0.826. The molecule has 0 aliphatic heterocycles. The predicted octanol–water partition coefficient (Wildman–Crippen LogP) is 2.82. The Morgan fingerprint density at radius 3 is 2.75 bits per heavy atom. The largest absolute Gasteiger partial charge is 0.339 e. The van der Waals surface area contributed by atoms with Gasteiger partial charge in [-0.25, -0.2) is 0 Å². The van der Waals surface area contributed by atoms with Gasteiger partial charge in [0, 0.05) is 35.8 Å². The number of rotatable bonds is 3. The Kier molecular flexibility index (Phi) is 2.33. The van der Waals surface area contributed by atoms with Crippen molar-refractivity contribution in [3.05, 3.63) is 36.3 Å². The molecule has 2 N–H and O–H groups in total. The number of aromatic nitrogens is 3. The third-order valence-electron chi connectivity index (χ3n) is 3.10. The van der Waals surface area contributed by atoms with Gasteiger partial charge in [-0.05, 0) is 25.0 Å². The Balaban J connectivity index is 1.73. The van der Waals surface area contributed by atoms with E-state index in [-0.39, 0.29) is 0 Å². The fourth-order valence-corrected chi connectivity index (χ4v) is 1.91. The molecule has 0 aromatic carbocycles. The average Bonchev–Trinajstić information content (AvgIpc) is 2.65. The first-order valence-corrected chi connectivity index (χ1v) is 5.64. The van der Waals surface area contributed by atoms with Gasteiger partial charge in [-0.3, -0.25) is 10.1 Å². The highest BCUT2D eigenvalue weighted by Crippen LogP contribution is 2.36. The lowest BCUT2D eigenvalue weighted by molar-refractivity contribution is 0.410. The maximum Gasteiger partial charge on any atom is 0.152 e. The van der Waals surface area contributed by atoms with Crippen molar-refractivity contribution in [2.45, 2.75) is 25.2 Å². The van der Waals surface area contributed by atoms with Crippen LogP contribution in [0, 0.1) is 0 Å². The lowest BCUT2D eigenvalue weighted by Crippen LogP contribution is -2.08. The van der Waals surface area contributed by atoms with Crippen molar-refractivity contribution in [1.82, 2.24) is 15.2 Å². The highest BCUT2D eigenvalue weighted by Gasteiger charge is 2.21. The van der Waals surface area contributed by atoms with Crippen LogP contribution in [-0.2, 0) is 0 Å². The van der Waals surface area contributed by atoms with Crippen LogP contribution in [0.15, 0.2) is 30.6 Å². The van der Waals surface area contributed by atoms with Crippen LogP contribution in [0.25, 0.3) is 0 Å². The number of nitrogens with one attached hydrogen (secondary N) is 2. The van der Waals surface area contributed by atoms with Gasteiger partial charge in [0.15, 0.2) is 5.82 Å². The molecular formula is C12H14N4.